The molecule has 26 heavy (non-hydrogen) atoms. The Morgan fingerprint density at radius 2 is 2.15 bits per heavy atom. The summed E-state index contributed by atoms with van der Waals surface area (Å²) in [7, 11) is 0. The SMILES string of the molecule is C=C(OC(C)(C)C)N1CC2[C@H](C1)OCc1c(-c3cccc(F)c3)nnn12. The average Bonchev–Trinajstić information content (AvgIpc) is 3.17. The van der Waals surface area contributed by atoms with E-state index in [1.54, 1.807) is 6.07 Å². The van der Waals surface area contributed by atoms with Crippen molar-refractivity contribution in [3.63, 3.8) is 0 Å². The fraction of sp³-hybridized carbons (Fsp3) is 0.474. The minimum Gasteiger partial charge on any atom is -0.474 e. The lowest BCUT2D eigenvalue weighted by Gasteiger charge is -2.28. The Hall–Kier alpha value is -2.41. The number of hydrogen-bond acceptors (Lipinski definition) is 5. The molecule has 1 aromatic carbocycles. The highest BCUT2D eigenvalue weighted by Gasteiger charge is 2.42. The Morgan fingerprint density at radius 1 is 1.35 bits per heavy atom. The van der Waals surface area contributed by atoms with Gasteiger partial charge in [-0.25, -0.2) is 9.07 Å². The van der Waals surface area contributed by atoms with Gasteiger partial charge in [-0.2, -0.15) is 0 Å². The maximum absolute atomic E-state index is 13.6. The van der Waals surface area contributed by atoms with E-state index in [4.69, 9.17) is 9.47 Å². The van der Waals surface area contributed by atoms with Crippen LogP contribution in [0.15, 0.2) is 36.7 Å². The Morgan fingerprint density at radius 3 is 2.88 bits per heavy atom. The lowest BCUT2D eigenvalue weighted by Crippen LogP contribution is -2.32. The molecule has 0 aliphatic carbocycles. The molecule has 7 heteroatoms. The Bertz CT molecular complexity index is 842. The van der Waals surface area contributed by atoms with Gasteiger partial charge in [-0.05, 0) is 39.5 Å². The van der Waals surface area contributed by atoms with Crippen molar-refractivity contribution in [2.75, 3.05) is 13.1 Å². The summed E-state index contributed by atoms with van der Waals surface area (Å²) < 4.78 is 27.4. The van der Waals surface area contributed by atoms with Crippen molar-refractivity contribution in [2.45, 2.75) is 45.1 Å². The van der Waals surface area contributed by atoms with E-state index in [1.165, 1.54) is 12.1 Å². The van der Waals surface area contributed by atoms with E-state index < -0.39 is 0 Å². The van der Waals surface area contributed by atoms with Crippen LogP contribution in [0, 0.1) is 5.82 Å². The first-order valence-electron chi connectivity index (χ1n) is 8.76. The van der Waals surface area contributed by atoms with Crippen molar-refractivity contribution in [3.8, 4) is 11.3 Å². The summed E-state index contributed by atoms with van der Waals surface area (Å²) in [6.07, 6.45) is 0.00452. The number of likely N-dealkylation sites (tertiary alicyclic amines) is 1. The summed E-state index contributed by atoms with van der Waals surface area (Å²) in [4.78, 5) is 2.08. The number of ether oxygens (including phenoxy) is 2. The van der Waals surface area contributed by atoms with Gasteiger partial charge < -0.3 is 14.4 Å². The second-order valence-corrected chi connectivity index (χ2v) is 7.77. The molecule has 1 fully saturated rings. The molecular weight excluding hydrogens is 335 g/mol. The molecule has 0 N–H and O–H groups in total. The third kappa shape index (κ3) is 3.07. The van der Waals surface area contributed by atoms with E-state index >= 15 is 0 Å². The summed E-state index contributed by atoms with van der Waals surface area (Å²) in [5.41, 5.74) is 1.96. The maximum atomic E-state index is 13.6. The van der Waals surface area contributed by atoms with Crippen molar-refractivity contribution in [1.29, 1.82) is 0 Å². The van der Waals surface area contributed by atoms with Crippen molar-refractivity contribution in [2.24, 2.45) is 0 Å². The second kappa shape index (κ2) is 6.09. The van der Waals surface area contributed by atoms with Crippen molar-refractivity contribution in [3.05, 3.63) is 48.2 Å². The second-order valence-electron chi connectivity index (χ2n) is 7.77. The number of fused-ring (bicyclic) bond motifs is 3. The van der Waals surface area contributed by atoms with Gasteiger partial charge in [0.2, 0.25) is 0 Å². The molecule has 4 rings (SSSR count). The van der Waals surface area contributed by atoms with Gasteiger partial charge in [0.1, 0.15) is 17.1 Å². The van der Waals surface area contributed by atoms with Gasteiger partial charge in [0.15, 0.2) is 5.88 Å². The monoisotopic (exact) mass is 358 g/mol. The first-order valence-corrected chi connectivity index (χ1v) is 8.76. The summed E-state index contributed by atoms with van der Waals surface area (Å²) in [6.45, 7) is 11.9. The van der Waals surface area contributed by atoms with Crippen molar-refractivity contribution < 1.29 is 13.9 Å². The lowest BCUT2D eigenvalue weighted by molar-refractivity contribution is -0.0128. The lowest BCUT2D eigenvalue weighted by atomic mass is 10.1. The molecule has 138 valence electrons. The summed E-state index contributed by atoms with van der Waals surface area (Å²) >= 11 is 0. The van der Waals surface area contributed by atoms with Crippen LogP contribution in [0.1, 0.15) is 32.5 Å². The molecule has 1 aromatic heterocycles. The third-order valence-corrected chi connectivity index (χ3v) is 4.65. The Balaban J connectivity index is 1.58. The molecule has 1 saturated heterocycles. The summed E-state index contributed by atoms with van der Waals surface area (Å²) in [5.74, 6) is 0.351. The standard InChI is InChI=1S/C19H23FN4O2/c1-12(26-19(2,3)4)23-9-15-17(10-23)25-11-16-18(21-22-24(15)16)13-6-5-7-14(20)8-13/h5-8,15,17H,1,9-11H2,2-4H3/t15?,17-/m0/s1. The average molecular weight is 358 g/mol. The topological polar surface area (TPSA) is 52.4 Å². The first-order chi connectivity index (χ1) is 12.3. The number of halogens is 1. The van der Waals surface area contributed by atoms with Crippen LogP contribution in [0.4, 0.5) is 4.39 Å². The van der Waals surface area contributed by atoms with Gasteiger partial charge in [-0.1, -0.05) is 17.3 Å². The Labute approximate surface area is 152 Å². The molecule has 2 aliphatic rings. The van der Waals surface area contributed by atoms with Crippen molar-refractivity contribution in [1.82, 2.24) is 19.9 Å². The molecule has 2 aliphatic heterocycles. The maximum Gasteiger partial charge on any atom is 0.182 e. The fourth-order valence-electron chi connectivity index (χ4n) is 3.54. The van der Waals surface area contributed by atoms with Gasteiger partial charge in [-0.15, -0.1) is 5.10 Å². The molecule has 0 bridgehead atoms. The van der Waals surface area contributed by atoms with Crippen LogP contribution in [-0.2, 0) is 16.1 Å². The highest BCUT2D eigenvalue weighted by Crippen LogP contribution is 2.36. The highest BCUT2D eigenvalue weighted by atomic mass is 19.1. The van der Waals surface area contributed by atoms with E-state index in [2.05, 4.69) is 21.8 Å². The minimum atomic E-state index is -0.297. The highest BCUT2D eigenvalue weighted by molar-refractivity contribution is 5.61. The first kappa shape index (κ1) is 17.0. The molecule has 0 radical (unpaired) electrons. The summed E-state index contributed by atoms with van der Waals surface area (Å²) in [5, 5.41) is 8.63. The minimum absolute atomic E-state index is 0.00452. The van der Waals surface area contributed by atoms with Gasteiger partial charge in [0.25, 0.3) is 0 Å². The molecule has 0 saturated carbocycles. The van der Waals surface area contributed by atoms with Crippen LogP contribution >= 0.6 is 0 Å². The van der Waals surface area contributed by atoms with Gasteiger partial charge in [0, 0.05) is 18.7 Å². The number of hydrogen-bond donors (Lipinski definition) is 0. The predicted octanol–water partition coefficient (Wildman–Crippen LogP) is 3.13. The molecule has 2 atom stereocenters. The largest absolute Gasteiger partial charge is 0.474 e. The van der Waals surface area contributed by atoms with Crippen LogP contribution in [0.25, 0.3) is 11.3 Å². The normalized spacial score (nSPS) is 22.1. The zero-order chi connectivity index (χ0) is 18.5. The molecule has 2 aromatic rings. The van der Waals surface area contributed by atoms with E-state index in [1.807, 2.05) is 31.5 Å². The number of nitrogens with zero attached hydrogens (tertiary/aromatic N) is 4. The summed E-state index contributed by atoms with van der Waals surface area (Å²) in [6, 6.07) is 6.43. The molecule has 1 unspecified atom stereocenters. The molecule has 0 amide bonds. The molecule has 0 spiro atoms. The third-order valence-electron chi connectivity index (χ3n) is 4.65. The fourth-order valence-corrected chi connectivity index (χ4v) is 3.54. The molecular formula is C19H23FN4O2. The number of aromatic nitrogens is 3. The van der Waals surface area contributed by atoms with Gasteiger partial charge in [-0.3, -0.25) is 0 Å². The zero-order valence-corrected chi connectivity index (χ0v) is 15.3. The van der Waals surface area contributed by atoms with E-state index in [9.17, 15) is 4.39 Å². The predicted molar refractivity (Wildman–Crippen MR) is 94.6 cm³/mol. The Kier molecular flexibility index (Phi) is 3.99. The van der Waals surface area contributed by atoms with Crippen LogP contribution in [-0.4, -0.2) is 44.7 Å². The van der Waals surface area contributed by atoms with Crippen LogP contribution < -0.4 is 0 Å². The van der Waals surface area contributed by atoms with E-state index in [-0.39, 0.29) is 23.6 Å². The van der Waals surface area contributed by atoms with Gasteiger partial charge >= 0.3 is 0 Å². The molecule has 6 nitrogen and oxygen atoms in total. The van der Waals surface area contributed by atoms with Crippen molar-refractivity contribution >= 4 is 0 Å². The molecule has 3 heterocycles. The van der Waals surface area contributed by atoms with E-state index in [0.29, 0.717) is 36.8 Å². The smallest absolute Gasteiger partial charge is 0.182 e. The number of rotatable bonds is 3. The van der Waals surface area contributed by atoms with Gasteiger partial charge in [0.05, 0.1) is 24.4 Å². The van der Waals surface area contributed by atoms with E-state index in [0.717, 1.165) is 5.69 Å². The quantitative estimate of drug-likeness (QED) is 0.789. The zero-order valence-electron chi connectivity index (χ0n) is 15.3. The number of benzene rings is 1. The van der Waals surface area contributed by atoms with Crippen LogP contribution in [0.2, 0.25) is 0 Å². The van der Waals surface area contributed by atoms with Crippen LogP contribution in [0.3, 0.4) is 0 Å². The van der Waals surface area contributed by atoms with Crippen LogP contribution in [0.5, 0.6) is 0 Å².